The number of rotatable bonds is 9. The summed E-state index contributed by atoms with van der Waals surface area (Å²) < 4.78 is 5.37. The monoisotopic (exact) mass is 397 g/mol. The van der Waals surface area contributed by atoms with Crippen LogP contribution in [0.1, 0.15) is 24.8 Å². The first-order valence-corrected chi connectivity index (χ1v) is 10.5. The molecule has 0 amide bonds. The molecule has 0 bridgehead atoms. The number of hydrogen-bond acceptors (Lipinski definition) is 6. The Morgan fingerprint density at radius 2 is 2.15 bits per heavy atom. The minimum Gasteiger partial charge on any atom is -0.387 e. The topological polar surface area (TPSA) is 72.4 Å². The molecular formula is C19H35N5O2S. The van der Waals surface area contributed by atoms with Crippen molar-refractivity contribution in [2.75, 3.05) is 66.6 Å². The second kappa shape index (κ2) is 11.0. The van der Waals surface area contributed by atoms with Crippen LogP contribution in [0, 0.1) is 0 Å². The second-order valence-corrected chi connectivity index (χ2v) is 8.44. The molecule has 0 aliphatic carbocycles. The van der Waals surface area contributed by atoms with Crippen molar-refractivity contribution < 1.29 is 9.84 Å². The van der Waals surface area contributed by atoms with Crippen molar-refractivity contribution in [3.63, 3.8) is 0 Å². The number of β-amino-alcohol motifs (C(OH)–C–C–N with tert-alkyl or cyclic N) is 1. The molecule has 1 fully saturated rings. The van der Waals surface area contributed by atoms with Gasteiger partial charge in [0, 0.05) is 37.6 Å². The summed E-state index contributed by atoms with van der Waals surface area (Å²) in [6.07, 6.45) is 0. The highest BCUT2D eigenvalue weighted by Crippen LogP contribution is 2.22. The third-order valence-corrected chi connectivity index (χ3v) is 5.52. The molecule has 154 valence electrons. The van der Waals surface area contributed by atoms with E-state index < -0.39 is 5.60 Å². The lowest BCUT2D eigenvalue weighted by molar-refractivity contribution is -0.0180. The number of nitrogens with one attached hydrogen (secondary N) is 2. The Hall–Kier alpha value is -1.19. The van der Waals surface area contributed by atoms with Gasteiger partial charge in [0.1, 0.15) is 0 Å². The maximum atomic E-state index is 10.7. The van der Waals surface area contributed by atoms with Crippen molar-refractivity contribution >= 4 is 17.3 Å². The van der Waals surface area contributed by atoms with E-state index in [2.05, 4.69) is 57.0 Å². The number of nitrogens with zero attached hydrogens (tertiary/aromatic N) is 3. The number of morpholine rings is 1. The molecule has 2 unspecified atom stereocenters. The van der Waals surface area contributed by atoms with E-state index in [1.807, 2.05) is 13.8 Å². The molecule has 27 heavy (non-hydrogen) atoms. The van der Waals surface area contributed by atoms with E-state index in [0.717, 1.165) is 45.4 Å². The second-order valence-electron chi connectivity index (χ2n) is 7.46. The van der Waals surface area contributed by atoms with Gasteiger partial charge in [-0.25, -0.2) is 0 Å². The molecule has 2 rings (SSSR count). The Morgan fingerprint density at radius 3 is 2.74 bits per heavy atom. The Kier molecular flexibility index (Phi) is 8.98. The van der Waals surface area contributed by atoms with E-state index >= 15 is 0 Å². The van der Waals surface area contributed by atoms with Gasteiger partial charge >= 0.3 is 0 Å². The van der Waals surface area contributed by atoms with Gasteiger partial charge in [-0.1, -0.05) is 6.07 Å². The Balaban J connectivity index is 1.92. The van der Waals surface area contributed by atoms with Gasteiger partial charge in [-0.05, 0) is 39.4 Å². The molecule has 8 heteroatoms. The van der Waals surface area contributed by atoms with E-state index in [0.29, 0.717) is 13.1 Å². The lowest BCUT2D eigenvalue weighted by atomic mass is 10.1. The van der Waals surface area contributed by atoms with Gasteiger partial charge in [-0.2, -0.15) is 0 Å². The number of likely N-dealkylation sites (N-methyl/N-ethyl adjacent to an activating group) is 1. The predicted molar refractivity (Wildman–Crippen MR) is 113 cm³/mol. The maximum Gasteiger partial charge on any atom is 0.191 e. The molecule has 7 nitrogen and oxygen atoms in total. The summed E-state index contributed by atoms with van der Waals surface area (Å²) in [6, 6.07) is 4.52. The number of thiophene rings is 1. The van der Waals surface area contributed by atoms with Crippen LogP contribution in [-0.4, -0.2) is 93.0 Å². The summed E-state index contributed by atoms with van der Waals surface area (Å²) in [4.78, 5) is 10.4. The fourth-order valence-corrected chi connectivity index (χ4v) is 4.02. The Morgan fingerprint density at radius 1 is 1.41 bits per heavy atom. The van der Waals surface area contributed by atoms with Gasteiger partial charge in [-0.3, -0.25) is 9.89 Å². The lowest BCUT2D eigenvalue weighted by Crippen LogP contribution is -2.48. The fraction of sp³-hybridized carbons (Fsp3) is 0.737. The molecule has 0 saturated carbocycles. The molecule has 0 radical (unpaired) electrons. The normalized spacial score (nSPS) is 19.7. The summed E-state index contributed by atoms with van der Waals surface area (Å²) in [5.74, 6) is 0.739. The molecule has 1 aromatic heterocycles. The maximum absolute atomic E-state index is 10.7. The van der Waals surface area contributed by atoms with Crippen LogP contribution in [-0.2, 0) is 4.74 Å². The molecule has 2 heterocycles. The van der Waals surface area contributed by atoms with E-state index in [1.54, 1.807) is 11.3 Å². The molecule has 1 aliphatic heterocycles. The van der Waals surface area contributed by atoms with Crippen molar-refractivity contribution in [1.29, 1.82) is 0 Å². The van der Waals surface area contributed by atoms with Crippen molar-refractivity contribution in [2.24, 2.45) is 4.99 Å². The zero-order valence-electron chi connectivity index (χ0n) is 17.1. The van der Waals surface area contributed by atoms with Crippen molar-refractivity contribution in [3.05, 3.63) is 22.4 Å². The first-order valence-electron chi connectivity index (χ1n) is 9.66. The number of guanidine groups is 1. The van der Waals surface area contributed by atoms with Gasteiger partial charge in [0.2, 0.25) is 0 Å². The highest BCUT2D eigenvalue weighted by atomic mass is 32.1. The smallest absolute Gasteiger partial charge is 0.191 e. The van der Waals surface area contributed by atoms with E-state index in [1.165, 1.54) is 4.88 Å². The van der Waals surface area contributed by atoms with Crippen molar-refractivity contribution in [1.82, 2.24) is 20.4 Å². The zero-order valence-corrected chi connectivity index (χ0v) is 17.9. The molecule has 3 N–H and O–H groups in total. The Labute approximate surface area is 167 Å². The van der Waals surface area contributed by atoms with E-state index in [4.69, 9.17) is 4.74 Å². The molecule has 1 aromatic rings. The number of ether oxygens (including phenoxy) is 1. The van der Waals surface area contributed by atoms with Gasteiger partial charge in [-0.15, -0.1) is 11.3 Å². The van der Waals surface area contributed by atoms with Crippen LogP contribution in [0.15, 0.2) is 22.5 Å². The van der Waals surface area contributed by atoms with E-state index in [9.17, 15) is 5.11 Å². The zero-order chi connectivity index (χ0) is 19.7. The summed E-state index contributed by atoms with van der Waals surface area (Å²) in [6.45, 7) is 9.59. The van der Waals surface area contributed by atoms with Crippen molar-refractivity contribution in [3.8, 4) is 0 Å². The summed E-state index contributed by atoms with van der Waals surface area (Å²) in [7, 11) is 4.17. The SMILES string of the molecule is CCNC(=NCC(C)(O)CN1CCOCC1)NCC(c1cccs1)N(C)C. The minimum absolute atomic E-state index is 0.280. The molecule has 1 saturated heterocycles. The lowest BCUT2D eigenvalue weighted by Gasteiger charge is -2.33. The molecule has 1 aliphatic rings. The quantitative estimate of drug-likeness (QED) is 0.426. The Bertz CT molecular complexity index is 556. The standard InChI is InChI=1S/C19H35N5O2S/c1-5-20-18(21-13-16(23(3)4)17-7-6-12-27-17)22-14-19(2,25)15-24-8-10-26-11-9-24/h6-7,12,16,25H,5,8-11,13-15H2,1-4H3,(H2,20,21,22). The summed E-state index contributed by atoms with van der Waals surface area (Å²) in [5.41, 5.74) is -0.867. The van der Waals surface area contributed by atoms with Gasteiger partial charge in [0.15, 0.2) is 5.96 Å². The number of aliphatic imine (C=N–C) groups is 1. The first kappa shape index (κ1) is 22.1. The predicted octanol–water partition coefficient (Wildman–Crippen LogP) is 0.989. The van der Waals surface area contributed by atoms with E-state index in [-0.39, 0.29) is 6.04 Å². The average molecular weight is 398 g/mol. The highest BCUT2D eigenvalue weighted by molar-refractivity contribution is 7.10. The molecule has 2 atom stereocenters. The van der Waals surface area contributed by atoms with Gasteiger partial charge in [0.05, 0.1) is 31.4 Å². The van der Waals surface area contributed by atoms with Crippen molar-refractivity contribution in [2.45, 2.75) is 25.5 Å². The van der Waals surface area contributed by atoms with Crippen LogP contribution in [0.5, 0.6) is 0 Å². The molecule has 0 spiro atoms. The van der Waals surface area contributed by atoms with Crippen LogP contribution in [0.25, 0.3) is 0 Å². The average Bonchev–Trinajstić information content (AvgIpc) is 3.14. The van der Waals surface area contributed by atoms with Crippen LogP contribution < -0.4 is 10.6 Å². The first-order chi connectivity index (χ1) is 12.9. The van der Waals surface area contributed by atoms with Gasteiger partial charge < -0.3 is 25.4 Å². The largest absolute Gasteiger partial charge is 0.387 e. The number of hydrogen-bond donors (Lipinski definition) is 3. The van der Waals surface area contributed by atoms with Crippen LogP contribution in [0.4, 0.5) is 0 Å². The third kappa shape index (κ3) is 7.75. The molecule has 0 aromatic carbocycles. The highest BCUT2D eigenvalue weighted by Gasteiger charge is 2.25. The minimum atomic E-state index is -0.867. The van der Waals surface area contributed by atoms with Crippen LogP contribution in [0.2, 0.25) is 0 Å². The fourth-order valence-electron chi connectivity index (χ4n) is 3.09. The summed E-state index contributed by atoms with van der Waals surface area (Å²) >= 11 is 1.76. The third-order valence-electron chi connectivity index (χ3n) is 4.55. The molecular weight excluding hydrogens is 362 g/mol. The van der Waals surface area contributed by atoms with Crippen LogP contribution in [0.3, 0.4) is 0 Å². The number of aliphatic hydroxyl groups is 1. The van der Waals surface area contributed by atoms with Crippen LogP contribution >= 0.6 is 11.3 Å². The van der Waals surface area contributed by atoms with Gasteiger partial charge in [0.25, 0.3) is 0 Å². The summed E-state index contributed by atoms with van der Waals surface area (Å²) in [5, 5.41) is 19.6.